The summed E-state index contributed by atoms with van der Waals surface area (Å²) in [5.74, 6) is 0.0449. The lowest BCUT2D eigenvalue weighted by atomic mass is 10.1. The van der Waals surface area contributed by atoms with E-state index in [1.807, 2.05) is 32.0 Å². The number of hydrogen-bond acceptors (Lipinski definition) is 2. The van der Waals surface area contributed by atoms with E-state index >= 15 is 0 Å². The van der Waals surface area contributed by atoms with Crippen LogP contribution >= 0.6 is 0 Å². The van der Waals surface area contributed by atoms with Gasteiger partial charge in [0.05, 0.1) is 0 Å². The van der Waals surface area contributed by atoms with E-state index in [0.717, 1.165) is 5.56 Å². The van der Waals surface area contributed by atoms with Crippen LogP contribution < -0.4 is 10.1 Å². The van der Waals surface area contributed by atoms with Gasteiger partial charge in [-0.1, -0.05) is 24.3 Å². The highest BCUT2D eigenvalue weighted by Gasteiger charge is 2.06. The smallest absolute Gasteiger partial charge is 0.258 e. The van der Waals surface area contributed by atoms with E-state index in [9.17, 15) is 9.18 Å². The van der Waals surface area contributed by atoms with Crippen LogP contribution in [0.5, 0.6) is 5.75 Å². The fraction of sp³-hybridized carbons (Fsp3) is 0.235. The molecule has 0 saturated carbocycles. The van der Waals surface area contributed by atoms with E-state index in [4.69, 9.17) is 4.74 Å². The average Bonchev–Trinajstić information content (AvgIpc) is 2.47. The lowest BCUT2D eigenvalue weighted by Gasteiger charge is -2.09. The Hall–Kier alpha value is -2.36. The molecule has 2 aromatic rings. The predicted molar refractivity (Wildman–Crippen MR) is 79.7 cm³/mol. The first-order chi connectivity index (χ1) is 10.1. The Labute approximate surface area is 123 Å². The minimum Gasteiger partial charge on any atom is -0.484 e. The van der Waals surface area contributed by atoms with E-state index in [1.165, 1.54) is 11.6 Å². The second-order valence-electron chi connectivity index (χ2n) is 4.90. The van der Waals surface area contributed by atoms with Gasteiger partial charge in [-0.2, -0.15) is 0 Å². The van der Waals surface area contributed by atoms with Gasteiger partial charge in [-0.05, 0) is 43.2 Å². The maximum Gasteiger partial charge on any atom is 0.258 e. The predicted octanol–water partition coefficient (Wildman–Crippen LogP) is 3.14. The third-order valence-corrected chi connectivity index (χ3v) is 3.28. The van der Waals surface area contributed by atoms with Crippen LogP contribution in [0.25, 0.3) is 0 Å². The maximum atomic E-state index is 13.4. The number of carbonyl (C=O) groups is 1. The highest BCUT2D eigenvalue weighted by molar-refractivity contribution is 5.77. The summed E-state index contributed by atoms with van der Waals surface area (Å²) in [6.07, 6.45) is 0. The van der Waals surface area contributed by atoms with Gasteiger partial charge in [-0.3, -0.25) is 4.79 Å². The minimum absolute atomic E-state index is 0.0864. The molecular weight excluding hydrogens is 269 g/mol. The van der Waals surface area contributed by atoms with Gasteiger partial charge in [-0.25, -0.2) is 4.39 Å². The molecule has 0 aliphatic rings. The molecule has 0 aromatic heterocycles. The summed E-state index contributed by atoms with van der Waals surface area (Å²) in [5.41, 5.74) is 2.74. The summed E-state index contributed by atoms with van der Waals surface area (Å²) < 4.78 is 18.8. The van der Waals surface area contributed by atoms with Crippen LogP contribution in [-0.4, -0.2) is 12.5 Å². The number of hydrogen-bond donors (Lipinski definition) is 1. The number of ether oxygens (including phenoxy) is 1. The zero-order valence-electron chi connectivity index (χ0n) is 12.2. The Kier molecular flexibility index (Phi) is 4.93. The third-order valence-electron chi connectivity index (χ3n) is 3.28. The molecule has 4 heteroatoms. The highest BCUT2D eigenvalue weighted by Crippen LogP contribution is 2.16. The molecule has 110 valence electrons. The van der Waals surface area contributed by atoms with Crippen LogP contribution in [-0.2, 0) is 11.3 Å². The van der Waals surface area contributed by atoms with Crippen molar-refractivity contribution in [3.05, 3.63) is 65.0 Å². The molecule has 2 aromatic carbocycles. The Morgan fingerprint density at radius 1 is 1.14 bits per heavy atom. The summed E-state index contributed by atoms with van der Waals surface area (Å²) in [7, 11) is 0. The number of benzene rings is 2. The van der Waals surface area contributed by atoms with Crippen LogP contribution in [0.4, 0.5) is 4.39 Å². The summed E-state index contributed by atoms with van der Waals surface area (Å²) >= 11 is 0. The van der Waals surface area contributed by atoms with Crippen molar-refractivity contribution in [2.45, 2.75) is 20.4 Å². The Morgan fingerprint density at radius 2 is 1.90 bits per heavy atom. The molecular formula is C17H18FNO2. The molecule has 0 radical (unpaired) electrons. The first-order valence-electron chi connectivity index (χ1n) is 6.76. The molecule has 0 unspecified atom stereocenters. The second-order valence-corrected chi connectivity index (χ2v) is 4.90. The van der Waals surface area contributed by atoms with Gasteiger partial charge < -0.3 is 10.1 Å². The SMILES string of the molecule is Cc1ccc(OCC(=O)NCc2ccccc2F)cc1C. The first kappa shape index (κ1) is 15.0. The number of halogens is 1. The number of aryl methyl sites for hydroxylation is 2. The molecule has 21 heavy (non-hydrogen) atoms. The number of amides is 1. The van der Waals surface area contributed by atoms with Crippen molar-refractivity contribution in [2.24, 2.45) is 0 Å². The fourth-order valence-electron chi connectivity index (χ4n) is 1.84. The van der Waals surface area contributed by atoms with Crippen molar-refractivity contribution in [1.29, 1.82) is 0 Å². The van der Waals surface area contributed by atoms with Gasteiger partial charge in [0.15, 0.2) is 6.61 Å². The van der Waals surface area contributed by atoms with Crippen molar-refractivity contribution in [1.82, 2.24) is 5.32 Å². The number of carbonyl (C=O) groups excluding carboxylic acids is 1. The quantitative estimate of drug-likeness (QED) is 0.917. The number of rotatable bonds is 5. The zero-order chi connectivity index (χ0) is 15.2. The van der Waals surface area contributed by atoms with Crippen LogP contribution in [0.1, 0.15) is 16.7 Å². The van der Waals surface area contributed by atoms with Crippen LogP contribution in [0.2, 0.25) is 0 Å². The summed E-state index contributed by atoms with van der Waals surface area (Å²) in [6.45, 7) is 4.07. The van der Waals surface area contributed by atoms with Crippen LogP contribution in [0.3, 0.4) is 0 Å². The third kappa shape index (κ3) is 4.31. The van der Waals surface area contributed by atoms with Gasteiger partial charge in [0, 0.05) is 12.1 Å². The molecule has 3 nitrogen and oxygen atoms in total. The number of nitrogens with one attached hydrogen (secondary N) is 1. The highest BCUT2D eigenvalue weighted by atomic mass is 19.1. The molecule has 0 saturated heterocycles. The molecule has 0 heterocycles. The molecule has 0 atom stereocenters. The zero-order valence-corrected chi connectivity index (χ0v) is 12.2. The van der Waals surface area contributed by atoms with E-state index in [2.05, 4.69) is 5.32 Å². The maximum absolute atomic E-state index is 13.4. The van der Waals surface area contributed by atoms with Crippen molar-refractivity contribution >= 4 is 5.91 Å². The minimum atomic E-state index is -0.326. The molecule has 0 aliphatic heterocycles. The fourth-order valence-corrected chi connectivity index (χ4v) is 1.84. The van der Waals surface area contributed by atoms with Crippen molar-refractivity contribution in [3.8, 4) is 5.75 Å². The topological polar surface area (TPSA) is 38.3 Å². The Bertz CT molecular complexity index is 640. The molecule has 0 aliphatic carbocycles. The molecule has 1 amide bonds. The summed E-state index contributed by atoms with van der Waals surface area (Å²) in [6, 6.07) is 12.0. The largest absolute Gasteiger partial charge is 0.484 e. The van der Waals surface area contributed by atoms with Gasteiger partial charge in [-0.15, -0.1) is 0 Å². The molecule has 0 fully saturated rings. The van der Waals surface area contributed by atoms with Gasteiger partial charge in [0.1, 0.15) is 11.6 Å². The van der Waals surface area contributed by atoms with E-state index in [-0.39, 0.29) is 24.9 Å². The average molecular weight is 287 g/mol. The normalized spacial score (nSPS) is 10.2. The van der Waals surface area contributed by atoms with Gasteiger partial charge in [0.2, 0.25) is 0 Å². The lowest BCUT2D eigenvalue weighted by Crippen LogP contribution is -2.28. The molecule has 0 bridgehead atoms. The van der Waals surface area contributed by atoms with E-state index in [0.29, 0.717) is 11.3 Å². The van der Waals surface area contributed by atoms with Gasteiger partial charge in [0.25, 0.3) is 5.91 Å². The van der Waals surface area contributed by atoms with Gasteiger partial charge >= 0.3 is 0 Å². The monoisotopic (exact) mass is 287 g/mol. The lowest BCUT2D eigenvalue weighted by molar-refractivity contribution is -0.123. The van der Waals surface area contributed by atoms with Crippen molar-refractivity contribution < 1.29 is 13.9 Å². The Balaban J connectivity index is 1.82. The summed E-state index contributed by atoms with van der Waals surface area (Å²) in [4.78, 5) is 11.7. The second kappa shape index (κ2) is 6.88. The first-order valence-corrected chi connectivity index (χ1v) is 6.76. The molecule has 2 rings (SSSR count). The Morgan fingerprint density at radius 3 is 2.62 bits per heavy atom. The molecule has 0 spiro atoms. The van der Waals surface area contributed by atoms with Crippen molar-refractivity contribution in [2.75, 3.05) is 6.61 Å². The van der Waals surface area contributed by atoms with E-state index < -0.39 is 0 Å². The van der Waals surface area contributed by atoms with Crippen molar-refractivity contribution in [3.63, 3.8) is 0 Å². The van der Waals surface area contributed by atoms with Crippen LogP contribution in [0.15, 0.2) is 42.5 Å². The van der Waals surface area contributed by atoms with E-state index in [1.54, 1.807) is 18.2 Å². The van der Waals surface area contributed by atoms with Crippen LogP contribution in [0, 0.1) is 19.7 Å². The summed E-state index contributed by atoms with van der Waals surface area (Å²) in [5, 5.41) is 2.63. The standard InChI is InChI=1S/C17H18FNO2/c1-12-7-8-15(9-13(12)2)21-11-17(20)19-10-14-5-3-4-6-16(14)18/h3-9H,10-11H2,1-2H3,(H,19,20). The molecule has 1 N–H and O–H groups in total.